The van der Waals surface area contributed by atoms with E-state index < -0.39 is 0 Å². The van der Waals surface area contributed by atoms with Crippen LogP contribution in [0.4, 0.5) is 0 Å². The Morgan fingerprint density at radius 2 is 1.87 bits per heavy atom. The Morgan fingerprint density at radius 3 is 2.33 bits per heavy atom. The number of aromatic hydroxyl groups is 1. The van der Waals surface area contributed by atoms with Crippen molar-refractivity contribution in [3.05, 3.63) is 29.8 Å². The van der Waals surface area contributed by atoms with E-state index in [0.29, 0.717) is 12.5 Å². The van der Waals surface area contributed by atoms with Gasteiger partial charge in [0.15, 0.2) is 0 Å². The number of phenolic OH excluding ortho intramolecular Hbond substituents is 1. The molecule has 0 radical (unpaired) electrons. The first-order valence-electron chi connectivity index (χ1n) is 5.26. The number of aliphatic hydroxyl groups is 1. The number of phenols is 1. The summed E-state index contributed by atoms with van der Waals surface area (Å²) in [5.41, 5.74) is 6.72. The molecule has 3 nitrogen and oxygen atoms in total. The molecular weight excluding hydrogens is 190 g/mol. The lowest BCUT2D eigenvalue weighted by Gasteiger charge is -2.20. The Morgan fingerprint density at radius 1 is 1.27 bits per heavy atom. The summed E-state index contributed by atoms with van der Waals surface area (Å²) >= 11 is 0. The van der Waals surface area contributed by atoms with Crippen molar-refractivity contribution in [1.82, 2.24) is 0 Å². The molecule has 0 heterocycles. The van der Waals surface area contributed by atoms with Gasteiger partial charge in [-0.15, -0.1) is 0 Å². The van der Waals surface area contributed by atoms with Gasteiger partial charge in [-0.25, -0.2) is 0 Å². The smallest absolute Gasteiger partial charge is 0.115 e. The lowest BCUT2D eigenvalue weighted by Crippen LogP contribution is -2.26. The molecule has 0 aliphatic carbocycles. The van der Waals surface area contributed by atoms with E-state index in [1.165, 1.54) is 0 Å². The highest BCUT2D eigenvalue weighted by Crippen LogP contribution is 2.18. The van der Waals surface area contributed by atoms with Crippen LogP contribution in [0.5, 0.6) is 5.75 Å². The Hall–Kier alpha value is -1.06. The van der Waals surface area contributed by atoms with E-state index in [9.17, 15) is 0 Å². The van der Waals surface area contributed by atoms with E-state index in [4.69, 9.17) is 15.9 Å². The van der Waals surface area contributed by atoms with Crippen LogP contribution in [0, 0.1) is 11.8 Å². The van der Waals surface area contributed by atoms with Crippen molar-refractivity contribution in [3.8, 4) is 5.75 Å². The average Bonchev–Trinajstić information content (AvgIpc) is 2.23. The van der Waals surface area contributed by atoms with E-state index in [1.807, 2.05) is 12.1 Å². The molecule has 0 amide bonds. The normalized spacial score (nSPS) is 14.9. The third-order valence-corrected chi connectivity index (χ3v) is 2.84. The van der Waals surface area contributed by atoms with Crippen molar-refractivity contribution in [2.45, 2.75) is 13.3 Å². The molecule has 2 atom stereocenters. The Labute approximate surface area is 90.5 Å². The Kier molecular flexibility index (Phi) is 4.59. The van der Waals surface area contributed by atoms with Gasteiger partial charge >= 0.3 is 0 Å². The first-order valence-corrected chi connectivity index (χ1v) is 5.26. The zero-order valence-corrected chi connectivity index (χ0v) is 9.06. The molecular formula is C12H19NO2. The van der Waals surface area contributed by atoms with E-state index in [2.05, 4.69) is 6.92 Å². The Balaban J connectivity index is 2.57. The van der Waals surface area contributed by atoms with Crippen molar-refractivity contribution in [3.63, 3.8) is 0 Å². The SMILES string of the molecule is CC(Cc1ccc(O)cc1)C(CN)CO. The van der Waals surface area contributed by atoms with Crippen LogP contribution in [-0.2, 0) is 6.42 Å². The van der Waals surface area contributed by atoms with Gasteiger partial charge in [-0.1, -0.05) is 19.1 Å². The minimum Gasteiger partial charge on any atom is -0.508 e. The number of benzene rings is 1. The van der Waals surface area contributed by atoms with Crippen LogP contribution in [0.3, 0.4) is 0 Å². The summed E-state index contributed by atoms with van der Waals surface area (Å²) in [5.74, 6) is 0.785. The number of hydrogen-bond donors (Lipinski definition) is 3. The molecule has 84 valence electrons. The van der Waals surface area contributed by atoms with Crippen molar-refractivity contribution < 1.29 is 10.2 Å². The molecule has 0 aliphatic heterocycles. The summed E-state index contributed by atoms with van der Waals surface area (Å²) in [6.45, 7) is 2.73. The summed E-state index contributed by atoms with van der Waals surface area (Å²) in [6, 6.07) is 7.16. The molecule has 0 saturated carbocycles. The van der Waals surface area contributed by atoms with Gasteiger partial charge in [-0.05, 0) is 42.5 Å². The summed E-state index contributed by atoms with van der Waals surface area (Å²) in [7, 11) is 0. The van der Waals surface area contributed by atoms with Crippen LogP contribution in [0.15, 0.2) is 24.3 Å². The van der Waals surface area contributed by atoms with Gasteiger partial charge in [-0.3, -0.25) is 0 Å². The Bertz CT molecular complexity index is 280. The first-order chi connectivity index (χ1) is 7.17. The van der Waals surface area contributed by atoms with E-state index in [0.717, 1.165) is 12.0 Å². The first kappa shape index (κ1) is 12.0. The third-order valence-electron chi connectivity index (χ3n) is 2.84. The highest BCUT2D eigenvalue weighted by atomic mass is 16.3. The number of hydrogen-bond acceptors (Lipinski definition) is 3. The average molecular weight is 209 g/mol. The molecule has 0 spiro atoms. The molecule has 2 unspecified atom stereocenters. The van der Waals surface area contributed by atoms with E-state index in [-0.39, 0.29) is 18.3 Å². The quantitative estimate of drug-likeness (QED) is 0.681. The van der Waals surface area contributed by atoms with E-state index in [1.54, 1.807) is 12.1 Å². The number of rotatable bonds is 5. The topological polar surface area (TPSA) is 66.5 Å². The molecule has 15 heavy (non-hydrogen) atoms. The second kappa shape index (κ2) is 5.73. The van der Waals surface area contributed by atoms with Crippen LogP contribution in [0.2, 0.25) is 0 Å². The van der Waals surface area contributed by atoms with Crippen LogP contribution in [-0.4, -0.2) is 23.4 Å². The summed E-state index contributed by atoms with van der Waals surface area (Å²) < 4.78 is 0. The summed E-state index contributed by atoms with van der Waals surface area (Å²) in [4.78, 5) is 0. The van der Waals surface area contributed by atoms with Crippen molar-refractivity contribution in [2.75, 3.05) is 13.2 Å². The highest BCUT2D eigenvalue weighted by Gasteiger charge is 2.14. The van der Waals surface area contributed by atoms with Crippen molar-refractivity contribution >= 4 is 0 Å². The molecule has 0 aromatic heterocycles. The fourth-order valence-corrected chi connectivity index (χ4v) is 1.66. The molecule has 0 bridgehead atoms. The zero-order chi connectivity index (χ0) is 11.3. The molecule has 0 aliphatic rings. The van der Waals surface area contributed by atoms with Gasteiger partial charge in [0.2, 0.25) is 0 Å². The minimum atomic E-state index is 0.135. The molecule has 4 N–H and O–H groups in total. The largest absolute Gasteiger partial charge is 0.508 e. The zero-order valence-electron chi connectivity index (χ0n) is 9.06. The maximum Gasteiger partial charge on any atom is 0.115 e. The standard InChI is InChI=1S/C12H19NO2/c1-9(11(7-13)8-14)6-10-2-4-12(15)5-3-10/h2-5,9,11,14-15H,6-8,13H2,1H3. The van der Waals surface area contributed by atoms with Gasteiger partial charge in [0, 0.05) is 6.61 Å². The molecule has 3 heteroatoms. The van der Waals surface area contributed by atoms with Gasteiger partial charge in [0.25, 0.3) is 0 Å². The van der Waals surface area contributed by atoms with Crippen molar-refractivity contribution in [1.29, 1.82) is 0 Å². The van der Waals surface area contributed by atoms with Gasteiger partial charge in [-0.2, -0.15) is 0 Å². The van der Waals surface area contributed by atoms with Crippen LogP contribution >= 0.6 is 0 Å². The second-order valence-corrected chi connectivity index (χ2v) is 4.03. The fraction of sp³-hybridized carbons (Fsp3) is 0.500. The van der Waals surface area contributed by atoms with Crippen LogP contribution in [0.25, 0.3) is 0 Å². The van der Waals surface area contributed by atoms with Crippen LogP contribution < -0.4 is 5.73 Å². The van der Waals surface area contributed by atoms with E-state index >= 15 is 0 Å². The number of nitrogens with two attached hydrogens (primary N) is 1. The highest BCUT2D eigenvalue weighted by molar-refractivity contribution is 5.26. The van der Waals surface area contributed by atoms with Crippen molar-refractivity contribution in [2.24, 2.45) is 17.6 Å². The third kappa shape index (κ3) is 3.53. The molecule has 0 saturated heterocycles. The lowest BCUT2D eigenvalue weighted by atomic mass is 9.89. The summed E-state index contributed by atoms with van der Waals surface area (Å²) in [5, 5.41) is 18.2. The fourth-order valence-electron chi connectivity index (χ4n) is 1.66. The summed E-state index contributed by atoms with van der Waals surface area (Å²) in [6.07, 6.45) is 0.878. The lowest BCUT2D eigenvalue weighted by molar-refractivity contribution is 0.187. The van der Waals surface area contributed by atoms with Gasteiger partial charge in [0.05, 0.1) is 0 Å². The molecule has 1 aromatic carbocycles. The monoisotopic (exact) mass is 209 g/mol. The van der Waals surface area contributed by atoms with Crippen LogP contribution in [0.1, 0.15) is 12.5 Å². The molecule has 1 aromatic rings. The van der Waals surface area contributed by atoms with Gasteiger partial charge < -0.3 is 15.9 Å². The predicted octanol–water partition coefficient (Wildman–Crippen LogP) is 1.14. The maximum absolute atomic E-state index is 9.13. The maximum atomic E-state index is 9.13. The second-order valence-electron chi connectivity index (χ2n) is 4.03. The predicted molar refractivity (Wildman–Crippen MR) is 60.6 cm³/mol. The molecule has 1 rings (SSSR count). The molecule has 0 fully saturated rings. The minimum absolute atomic E-state index is 0.135. The number of aliphatic hydroxyl groups excluding tert-OH is 1. The van der Waals surface area contributed by atoms with Gasteiger partial charge in [0.1, 0.15) is 5.75 Å².